The Morgan fingerprint density at radius 1 is 1.32 bits per heavy atom. The zero-order valence-corrected chi connectivity index (χ0v) is 12.7. The van der Waals surface area contributed by atoms with Gasteiger partial charge in [-0.3, -0.25) is 0 Å². The standard InChI is InChI=1S/C14H28N4O/c1-14(2,9-15)10-18-8-12(17(4)13(18)19)11-5-6-16(3)7-11/h11-12H,5-10,15H2,1-4H3. The highest BCUT2D eigenvalue weighted by Crippen LogP contribution is 2.29. The van der Waals surface area contributed by atoms with Crippen LogP contribution < -0.4 is 5.73 Å². The van der Waals surface area contributed by atoms with Crippen molar-refractivity contribution in [2.45, 2.75) is 26.3 Å². The summed E-state index contributed by atoms with van der Waals surface area (Å²) in [5.41, 5.74) is 5.78. The van der Waals surface area contributed by atoms with Crippen LogP contribution in [0, 0.1) is 11.3 Å². The second kappa shape index (κ2) is 5.29. The summed E-state index contributed by atoms with van der Waals surface area (Å²) in [6, 6.07) is 0.534. The Morgan fingerprint density at radius 3 is 2.53 bits per heavy atom. The molecule has 19 heavy (non-hydrogen) atoms. The number of likely N-dealkylation sites (N-methyl/N-ethyl adjacent to an activating group) is 1. The maximum absolute atomic E-state index is 12.3. The lowest BCUT2D eigenvalue weighted by Crippen LogP contribution is -2.40. The Labute approximate surface area is 116 Å². The van der Waals surface area contributed by atoms with E-state index in [4.69, 9.17) is 5.73 Å². The van der Waals surface area contributed by atoms with Gasteiger partial charge >= 0.3 is 6.03 Å². The van der Waals surface area contributed by atoms with Gasteiger partial charge in [0.15, 0.2) is 0 Å². The smallest absolute Gasteiger partial charge is 0.320 e. The Kier molecular flexibility index (Phi) is 4.06. The molecule has 0 aliphatic carbocycles. The van der Waals surface area contributed by atoms with E-state index in [1.807, 2.05) is 16.8 Å². The third-order valence-corrected chi connectivity index (χ3v) is 4.62. The Bertz CT molecular complexity index is 344. The first-order valence-corrected chi connectivity index (χ1v) is 7.24. The molecule has 0 aromatic heterocycles. The molecule has 2 amide bonds. The van der Waals surface area contributed by atoms with Gasteiger partial charge < -0.3 is 20.4 Å². The fraction of sp³-hybridized carbons (Fsp3) is 0.929. The van der Waals surface area contributed by atoms with Crippen LogP contribution in [0.2, 0.25) is 0 Å². The summed E-state index contributed by atoms with van der Waals surface area (Å²) in [7, 11) is 4.10. The number of carbonyl (C=O) groups is 1. The predicted octanol–water partition coefficient (Wildman–Crippen LogP) is 0.659. The number of hydrogen-bond donors (Lipinski definition) is 1. The topological polar surface area (TPSA) is 52.8 Å². The van der Waals surface area contributed by atoms with Crippen molar-refractivity contribution in [3.8, 4) is 0 Å². The van der Waals surface area contributed by atoms with Crippen LogP contribution in [0.3, 0.4) is 0 Å². The number of carbonyl (C=O) groups excluding carboxylic acids is 1. The average molecular weight is 268 g/mol. The van der Waals surface area contributed by atoms with Crippen LogP contribution in [-0.4, -0.2) is 73.6 Å². The number of nitrogens with zero attached hydrogens (tertiary/aromatic N) is 3. The van der Waals surface area contributed by atoms with Crippen molar-refractivity contribution in [3.63, 3.8) is 0 Å². The van der Waals surface area contributed by atoms with Gasteiger partial charge in [-0.25, -0.2) is 4.79 Å². The molecule has 0 aromatic carbocycles. The molecule has 2 heterocycles. The summed E-state index contributed by atoms with van der Waals surface area (Å²) < 4.78 is 0. The average Bonchev–Trinajstić information content (AvgIpc) is 2.88. The van der Waals surface area contributed by atoms with E-state index in [1.165, 1.54) is 6.42 Å². The van der Waals surface area contributed by atoms with Crippen molar-refractivity contribution < 1.29 is 4.79 Å². The maximum atomic E-state index is 12.3. The van der Waals surface area contributed by atoms with E-state index in [1.54, 1.807) is 0 Å². The van der Waals surface area contributed by atoms with Gasteiger partial charge in [0, 0.05) is 26.7 Å². The van der Waals surface area contributed by atoms with Crippen LogP contribution in [0.25, 0.3) is 0 Å². The van der Waals surface area contributed by atoms with Gasteiger partial charge in [0.05, 0.1) is 6.04 Å². The summed E-state index contributed by atoms with van der Waals surface area (Å²) in [6.45, 7) is 8.72. The summed E-state index contributed by atoms with van der Waals surface area (Å²) >= 11 is 0. The summed E-state index contributed by atoms with van der Waals surface area (Å²) in [5, 5.41) is 0. The number of hydrogen-bond acceptors (Lipinski definition) is 3. The van der Waals surface area contributed by atoms with Crippen molar-refractivity contribution >= 4 is 6.03 Å². The molecule has 2 fully saturated rings. The molecule has 2 aliphatic heterocycles. The minimum Gasteiger partial charge on any atom is -0.330 e. The normalized spacial score (nSPS) is 29.6. The first kappa shape index (κ1) is 14.6. The molecule has 0 bridgehead atoms. The van der Waals surface area contributed by atoms with Crippen LogP contribution in [0.4, 0.5) is 4.79 Å². The molecule has 0 spiro atoms. The zero-order chi connectivity index (χ0) is 14.2. The first-order valence-electron chi connectivity index (χ1n) is 7.24. The monoisotopic (exact) mass is 268 g/mol. The van der Waals surface area contributed by atoms with Crippen LogP contribution in [0.1, 0.15) is 20.3 Å². The Morgan fingerprint density at radius 2 is 2.00 bits per heavy atom. The SMILES string of the molecule is CN1CCC(C2CN(CC(C)(C)CN)C(=O)N2C)C1. The quantitative estimate of drug-likeness (QED) is 0.815. The zero-order valence-electron chi connectivity index (χ0n) is 12.7. The molecule has 2 rings (SSSR count). The lowest BCUT2D eigenvalue weighted by molar-refractivity contribution is 0.176. The number of nitrogens with two attached hydrogens (primary N) is 1. The summed E-state index contributed by atoms with van der Waals surface area (Å²) in [4.78, 5) is 18.6. The molecule has 2 saturated heterocycles. The highest BCUT2D eigenvalue weighted by atomic mass is 16.2. The predicted molar refractivity (Wildman–Crippen MR) is 77.0 cm³/mol. The van der Waals surface area contributed by atoms with Crippen LogP contribution in [0.5, 0.6) is 0 Å². The summed E-state index contributed by atoms with van der Waals surface area (Å²) in [5.74, 6) is 0.616. The molecule has 2 N–H and O–H groups in total. The van der Waals surface area contributed by atoms with Crippen molar-refractivity contribution in [1.82, 2.24) is 14.7 Å². The number of likely N-dealkylation sites (tertiary alicyclic amines) is 1. The van der Waals surface area contributed by atoms with E-state index < -0.39 is 0 Å². The van der Waals surface area contributed by atoms with E-state index in [0.717, 1.165) is 26.2 Å². The number of amides is 2. The van der Waals surface area contributed by atoms with E-state index in [-0.39, 0.29) is 11.4 Å². The largest absolute Gasteiger partial charge is 0.330 e. The van der Waals surface area contributed by atoms with Crippen molar-refractivity contribution in [1.29, 1.82) is 0 Å². The van der Waals surface area contributed by atoms with Gasteiger partial charge in [-0.15, -0.1) is 0 Å². The minimum absolute atomic E-state index is 0.00213. The first-order chi connectivity index (χ1) is 8.84. The molecular weight excluding hydrogens is 240 g/mol. The molecule has 0 aromatic rings. The molecule has 5 heteroatoms. The molecule has 0 radical (unpaired) electrons. The maximum Gasteiger partial charge on any atom is 0.320 e. The lowest BCUT2D eigenvalue weighted by atomic mass is 9.93. The molecule has 110 valence electrons. The van der Waals surface area contributed by atoms with Gasteiger partial charge in [0.2, 0.25) is 0 Å². The molecular formula is C14H28N4O. The minimum atomic E-state index is -0.00213. The fourth-order valence-corrected chi connectivity index (χ4v) is 3.25. The van der Waals surface area contributed by atoms with E-state index in [9.17, 15) is 4.79 Å². The van der Waals surface area contributed by atoms with Gasteiger partial charge in [0.25, 0.3) is 0 Å². The van der Waals surface area contributed by atoms with E-state index in [2.05, 4.69) is 25.8 Å². The molecule has 0 saturated carbocycles. The van der Waals surface area contributed by atoms with E-state index >= 15 is 0 Å². The third kappa shape index (κ3) is 3.03. The molecule has 5 nitrogen and oxygen atoms in total. The second-order valence-electron chi connectivity index (χ2n) is 7.02. The molecule has 2 atom stereocenters. The van der Waals surface area contributed by atoms with Gasteiger partial charge in [0.1, 0.15) is 0 Å². The Balaban J connectivity index is 2.00. The van der Waals surface area contributed by atoms with Crippen LogP contribution >= 0.6 is 0 Å². The van der Waals surface area contributed by atoms with Crippen molar-refractivity contribution in [2.24, 2.45) is 17.1 Å². The van der Waals surface area contributed by atoms with Gasteiger partial charge in [-0.2, -0.15) is 0 Å². The van der Waals surface area contributed by atoms with E-state index in [0.29, 0.717) is 18.5 Å². The second-order valence-corrected chi connectivity index (χ2v) is 7.02. The highest BCUT2D eigenvalue weighted by molar-refractivity contribution is 5.77. The van der Waals surface area contributed by atoms with Crippen LogP contribution in [0.15, 0.2) is 0 Å². The van der Waals surface area contributed by atoms with Gasteiger partial charge in [-0.1, -0.05) is 13.8 Å². The lowest BCUT2D eigenvalue weighted by Gasteiger charge is -2.28. The number of urea groups is 1. The molecule has 2 aliphatic rings. The summed E-state index contributed by atoms with van der Waals surface area (Å²) in [6.07, 6.45) is 1.20. The highest BCUT2D eigenvalue weighted by Gasteiger charge is 2.42. The molecule has 2 unspecified atom stereocenters. The third-order valence-electron chi connectivity index (χ3n) is 4.62. The number of rotatable bonds is 4. The van der Waals surface area contributed by atoms with Crippen molar-refractivity contribution in [2.75, 3.05) is 46.8 Å². The van der Waals surface area contributed by atoms with Crippen LogP contribution in [-0.2, 0) is 0 Å². The Hall–Kier alpha value is -0.810. The van der Waals surface area contributed by atoms with Crippen molar-refractivity contribution in [3.05, 3.63) is 0 Å². The fourth-order valence-electron chi connectivity index (χ4n) is 3.25. The van der Waals surface area contributed by atoms with Gasteiger partial charge in [-0.05, 0) is 37.9 Å².